The van der Waals surface area contributed by atoms with Crippen molar-refractivity contribution in [1.82, 2.24) is 0 Å². The van der Waals surface area contributed by atoms with Crippen LogP contribution < -0.4 is 5.73 Å². The number of fused-ring (bicyclic) bond motifs is 1. The maximum Gasteiger partial charge on any atom is 0.0460 e. The summed E-state index contributed by atoms with van der Waals surface area (Å²) in [5.74, 6) is 0.267. The lowest BCUT2D eigenvalue weighted by Gasteiger charge is -2.47. The van der Waals surface area contributed by atoms with E-state index >= 15 is 0 Å². The first-order valence-corrected chi connectivity index (χ1v) is 9.96. The van der Waals surface area contributed by atoms with Crippen LogP contribution in [0, 0.1) is 5.92 Å². The molecule has 0 radical (unpaired) electrons. The summed E-state index contributed by atoms with van der Waals surface area (Å²) in [4.78, 5) is 0. The molecule has 0 amide bonds. The number of allylic oxidation sites excluding steroid dienone is 9. The molecule has 1 atom stereocenters. The van der Waals surface area contributed by atoms with Crippen molar-refractivity contribution in [3.05, 3.63) is 131 Å². The van der Waals surface area contributed by atoms with E-state index in [-0.39, 0.29) is 11.3 Å². The predicted molar refractivity (Wildman–Crippen MR) is 119 cm³/mol. The Morgan fingerprint density at radius 3 is 2.11 bits per heavy atom. The van der Waals surface area contributed by atoms with Crippen molar-refractivity contribution in [2.75, 3.05) is 0 Å². The van der Waals surface area contributed by atoms with Crippen molar-refractivity contribution in [2.24, 2.45) is 11.7 Å². The van der Waals surface area contributed by atoms with Gasteiger partial charge in [-0.1, -0.05) is 91.5 Å². The standard InChI is InChI=1S/C27H27N/c1-3-11-24-20(4-2)19-27(21-12-7-5-8-13-21,22-14-9-6-10-15-22)26-17-16-23(28)18-25(24)26/h3-17,25H,2,18-19,28H2,1H3/b11-3-. The number of hydrogen-bond acceptors (Lipinski definition) is 1. The van der Waals surface area contributed by atoms with Crippen LogP contribution in [0.15, 0.2) is 120 Å². The van der Waals surface area contributed by atoms with Gasteiger partial charge < -0.3 is 5.73 Å². The molecule has 0 bridgehead atoms. The van der Waals surface area contributed by atoms with Crippen LogP contribution in [0.2, 0.25) is 0 Å². The molecule has 28 heavy (non-hydrogen) atoms. The quantitative estimate of drug-likeness (QED) is 0.683. The van der Waals surface area contributed by atoms with E-state index in [1.807, 2.05) is 6.08 Å². The van der Waals surface area contributed by atoms with E-state index in [4.69, 9.17) is 5.73 Å². The Bertz CT molecular complexity index is 948. The van der Waals surface area contributed by atoms with Crippen LogP contribution in [0.25, 0.3) is 0 Å². The Labute approximate surface area is 168 Å². The summed E-state index contributed by atoms with van der Waals surface area (Å²) in [5, 5.41) is 0. The zero-order valence-electron chi connectivity index (χ0n) is 16.4. The molecule has 1 nitrogen and oxygen atoms in total. The molecule has 0 heterocycles. The largest absolute Gasteiger partial charge is 0.402 e. The fourth-order valence-electron chi connectivity index (χ4n) is 4.90. The van der Waals surface area contributed by atoms with Crippen molar-refractivity contribution in [1.29, 1.82) is 0 Å². The van der Waals surface area contributed by atoms with Gasteiger partial charge in [0.05, 0.1) is 0 Å². The van der Waals surface area contributed by atoms with Crippen molar-refractivity contribution in [3.8, 4) is 0 Å². The van der Waals surface area contributed by atoms with Crippen molar-refractivity contribution < 1.29 is 0 Å². The molecular weight excluding hydrogens is 338 g/mol. The summed E-state index contributed by atoms with van der Waals surface area (Å²) in [6, 6.07) is 21.8. The van der Waals surface area contributed by atoms with Crippen molar-refractivity contribution >= 4 is 0 Å². The summed E-state index contributed by atoms with van der Waals surface area (Å²) in [7, 11) is 0. The lowest BCUT2D eigenvalue weighted by atomic mass is 9.56. The molecule has 2 aliphatic carbocycles. The van der Waals surface area contributed by atoms with Gasteiger partial charge >= 0.3 is 0 Å². The highest BCUT2D eigenvalue weighted by Gasteiger charge is 2.46. The summed E-state index contributed by atoms with van der Waals surface area (Å²) in [6.45, 7) is 6.25. The number of nitrogens with two attached hydrogens (primary N) is 1. The van der Waals surface area contributed by atoms with Gasteiger partial charge in [-0.3, -0.25) is 0 Å². The van der Waals surface area contributed by atoms with Crippen LogP contribution in [-0.2, 0) is 5.41 Å². The first-order valence-electron chi connectivity index (χ1n) is 9.96. The average molecular weight is 366 g/mol. The zero-order chi connectivity index (χ0) is 19.6. The molecule has 0 aromatic heterocycles. The molecule has 2 aromatic rings. The third-order valence-electron chi connectivity index (χ3n) is 6.11. The maximum atomic E-state index is 6.30. The van der Waals surface area contributed by atoms with Gasteiger partial charge in [-0.05, 0) is 53.7 Å². The minimum Gasteiger partial charge on any atom is -0.402 e. The third kappa shape index (κ3) is 2.88. The Hall–Kier alpha value is -3.06. The van der Waals surface area contributed by atoms with E-state index in [1.54, 1.807) is 0 Å². The molecule has 2 N–H and O–H groups in total. The fraction of sp³-hybridized carbons (Fsp3) is 0.185. The number of hydrogen-bond donors (Lipinski definition) is 1. The molecule has 140 valence electrons. The predicted octanol–water partition coefficient (Wildman–Crippen LogP) is 6.22. The molecule has 0 spiro atoms. The lowest BCUT2D eigenvalue weighted by molar-refractivity contribution is 0.484. The average Bonchev–Trinajstić information content (AvgIpc) is 2.75. The van der Waals surface area contributed by atoms with Gasteiger partial charge in [-0.15, -0.1) is 0 Å². The van der Waals surface area contributed by atoms with Gasteiger partial charge in [0.2, 0.25) is 0 Å². The molecule has 1 heteroatoms. The van der Waals surface area contributed by atoms with E-state index < -0.39 is 0 Å². The SMILES string of the molecule is C=CC1=C(/C=C\C)C2CC(N)=CC=C2C(c2ccccc2)(c2ccccc2)C1. The maximum absolute atomic E-state index is 6.30. The summed E-state index contributed by atoms with van der Waals surface area (Å²) >= 11 is 0. The highest BCUT2D eigenvalue weighted by atomic mass is 14.6. The van der Waals surface area contributed by atoms with Crippen LogP contribution in [0.4, 0.5) is 0 Å². The van der Waals surface area contributed by atoms with Gasteiger partial charge in [0.1, 0.15) is 0 Å². The Kier molecular flexibility index (Phi) is 4.92. The van der Waals surface area contributed by atoms with E-state index in [9.17, 15) is 0 Å². The fourth-order valence-corrected chi connectivity index (χ4v) is 4.90. The van der Waals surface area contributed by atoms with Crippen molar-refractivity contribution in [3.63, 3.8) is 0 Å². The first-order chi connectivity index (χ1) is 13.7. The minimum absolute atomic E-state index is 0.209. The zero-order valence-corrected chi connectivity index (χ0v) is 16.4. The Morgan fingerprint density at radius 1 is 0.964 bits per heavy atom. The number of benzene rings is 2. The highest BCUT2D eigenvalue weighted by molar-refractivity contribution is 5.60. The molecule has 0 saturated heterocycles. The first kappa shape index (κ1) is 18.3. The molecule has 1 unspecified atom stereocenters. The normalized spacial score (nSPS) is 21.1. The van der Waals surface area contributed by atoms with Gasteiger partial charge in [-0.25, -0.2) is 0 Å². The minimum atomic E-state index is -0.209. The monoisotopic (exact) mass is 365 g/mol. The lowest BCUT2D eigenvalue weighted by Crippen LogP contribution is -2.39. The van der Waals surface area contributed by atoms with Crippen LogP contribution in [0.1, 0.15) is 30.9 Å². The van der Waals surface area contributed by atoms with Gasteiger partial charge in [-0.2, -0.15) is 0 Å². The molecular formula is C27H27N. The second kappa shape index (κ2) is 7.52. The molecule has 4 rings (SSSR count). The Balaban J connectivity index is 2.07. The van der Waals surface area contributed by atoms with E-state index in [1.165, 1.54) is 27.8 Å². The molecule has 2 aromatic carbocycles. The van der Waals surface area contributed by atoms with Crippen LogP contribution in [0.5, 0.6) is 0 Å². The second-order valence-corrected chi connectivity index (χ2v) is 7.62. The van der Waals surface area contributed by atoms with E-state index in [2.05, 4.69) is 98.5 Å². The smallest absolute Gasteiger partial charge is 0.0460 e. The van der Waals surface area contributed by atoms with Crippen LogP contribution >= 0.6 is 0 Å². The van der Waals surface area contributed by atoms with Crippen LogP contribution in [0.3, 0.4) is 0 Å². The summed E-state index contributed by atoms with van der Waals surface area (Å²) < 4.78 is 0. The molecule has 0 aliphatic heterocycles. The second-order valence-electron chi connectivity index (χ2n) is 7.62. The van der Waals surface area contributed by atoms with Gasteiger partial charge in [0.25, 0.3) is 0 Å². The third-order valence-corrected chi connectivity index (χ3v) is 6.11. The number of rotatable bonds is 4. The van der Waals surface area contributed by atoms with Crippen molar-refractivity contribution in [2.45, 2.75) is 25.2 Å². The van der Waals surface area contributed by atoms with Gasteiger partial charge in [0.15, 0.2) is 0 Å². The summed E-state index contributed by atoms with van der Waals surface area (Å²) in [6.07, 6.45) is 12.5. The summed E-state index contributed by atoms with van der Waals surface area (Å²) in [5.41, 5.74) is 13.8. The van der Waals surface area contributed by atoms with E-state index in [0.717, 1.165) is 18.5 Å². The molecule has 2 aliphatic rings. The van der Waals surface area contributed by atoms with E-state index in [0.29, 0.717) is 0 Å². The molecule has 0 saturated carbocycles. The Morgan fingerprint density at radius 2 is 1.57 bits per heavy atom. The molecule has 0 fully saturated rings. The van der Waals surface area contributed by atoms with Crippen LogP contribution in [-0.4, -0.2) is 0 Å². The van der Waals surface area contributed by atoms with Gasteiger partial charge in [0, 0.05) is 17.0 Å². The highest BCUT2D eigenvalue weighted by Crippen LogP contribution is 2.55. The topological polar surface area (TPSA) is 26.0 Å².